The molecule has 0 radical (unpaired) electrons. The second-order valence-corrected chi connectivity index (χ2v) is 7.33. The van der Waals surface area contributed by atoms with E-state index >= 15 is 0 Å². The number of hydrogen-bond donors (Lipinski definition) is 1. The first-order chi connectivity index (χ1) is 13.0. The van der Waals surface area contributed by atoms with Crippen LogP contribution in [-0.2, 0) is 17.8 Å². The summed E-state index contributed by atoms with van der Waals surface area (Å²) in [4.78, 5) is 12.6. The third kappa shape index (κ3) is 7.06. The average Bonchev–Trinajstić information content (AvgIpc) is 2.66. The van der Waals surface area contributed by atoms with Crippen LogP contribution in [0.2, 0.25) is 0 Å². The number of rotatable bonds is 10. The van der Waals surface area contributed by atoms with Crippen LogP contribution in [0, 0.1) is 5.92 Å². The Morgan fingerprint density at radius 3 is 2.48 bits per heavy atom. The zero-order valence-electron chi connectivity index (χ0n) is 16.8. The molecular weight excluding hydrogens is 338 g/mol. The lowest BCUT2D eigenvalue weighted by atomic mass is 10.1. The highest BCUT2D eigenvalue weighted by Gasteiger charge is 2.13. The highest BCUT2D eigenvalue weighted by Crippen LogP contribution is 2.21. The molecule has 1 amide bonds. The van der Waals surface area contributed by atoms with Crippen molar-refractivity contribution in [1.29, 1.82) is 0 Å². The van der Waals surface area contributed by atoms with Crippen molar-refractivity contribution < 1.29 is 14.3 Å². The van der Waals surface area contributed by atoms with Crippen molar-refractivity contribution in [3.05, 3.63) is 65.2 Å². The average molecular weight is 370 g/mol. The smallest absolute Gasteiger partial charge is 0.251 e. The molecule has 0 bridgehead atoms. The Morgan fingerprint density at radius 2 is 1.81 bits per heavy atom. The van der Waals surface area contributed by atoms with Gasteiger partial charge in [-0.25, -0.2) is 0 Å². The fourth-order valence-corrected chi connectivity index (χ4v) is 2.84. The van der Waals surface area contributed by atoms with Crippen LogP contribution in [-0.4, -0.2) is 25.7 Å². The number of aryl methyl sites for hydroxylation is 1. The minimum atomic E-state index is -0.0664. The molecule has 2 aromatic carbocycles. The number of carbonyl (C=O) groups excluding carboxylic acids is 1. The zero-order chi connectivity index (χ0) is 19.6. The Bertz CT molecular complexity index is 713. The van der Waals surface area contributed by atoms with Gasteiger partial charge in [-0.3, -0.25) is 4.79 Å². The van der Waals surface area contributed by atoms with Gasteiger partial charge in [0.15, 0.2) is 0 Å². The number of amides is 1. The maximum Gasteiger partial charge on any atom is 0.251 e. The van der Waals surface area contributed by atoms with E-state index in [0.29, 0.717) is 24.7 Å². The van der Waals surface area contributed by atoms with Crippen molar-refractivity contribution in [1.82, 2.24) is 5.32 Å². The zero-order valence-corrected chi connectivity index (χ0v) is 16.8. The molecule has 1 N–H and O–H groups in total. The fraction of sp³-hybridized carbons (Fsp3) is 0.435. The maximum absolute atomic E-state index is 12.6. The van der Waals surface area contributed by atoms with Crippen LogP contribution in [0.1, 0.15) is 48.7 Å². The molecule has 0 aromatic heterocycles. The molecule has 0 aliphatic heterocycles. The third-order valence-corrected chi connectivity index (χ3v) is 4.34. The van der Waals surface area contributed by atoms with Gasteiger partial charge >= 0.3 is 0 Å². The summed E-state index contributed by atoms with van der Waals surface area (Å²) in [6.45, 7) is 7.37. The van der Waals surface area contributed by atoms with Gasteiger partial charge in [0.1, 0.15) is 5.75 Å². The predicted molar refractivity (Wildman–Crippen MR) is 109 cm³/mol. The van der Waals surface area contributed by atoms with Crippen molar-refractivity contribution in [3.63, 3.8) is 0 Å². The number of benzene rings is 2. The fourth-order valence-electron chi connectivity index (χ4n) is 2.84. The van der Waals surface area contributed by atoms with E-state index < -0.39 is 0 Å². The summed E-state index contributed by atoms with van der Waals surface area (Å²) in [6.07, 6.45) is 1.84. The van der Waals surface area contributed by atoms with Gasteiger partial charge in [0.2, 0.25) is 0 Å². The Balaban J connectivity index is 1.94. The number of ether oxygens (including phenoxy) is 2. The maximum atomic E-state index is 12.6. The van der Waals surface area contributed by atoms with E-state index in [0.717, 1.165) is 24.2 Å². The number of hydrogen-bond acceptors (Lipinski definition) is 3. The first-order valence-corrected chi connectivity index (χ1v) is 9.59. The van der Waals surface area contributed by atoms with E-state index in [4.69, 9.17) is 9.47 Å². The van der Waals surface area contributed by atoms with Crippen molar-refractivity contribution in [2.75, 3.05) is 13.7 Å². The van der Waals surface area contributed by atoms with Gasteiger partial charge in [-0.1, -0.05) is 44.2 Å². The Kier molecular flexibility index (Phi) is 8.34. The first-order valence-electron chi connectivity index (χ1n) is 9.59. The summed E-state index contributed by atoms with van der Waals surface area (Å²) >= 11 is 0. The first kappa shape index (κ1) is 21.0. The van der Waals surface area contributed by atoms with Gasteiger partial charge in [0, 0.05) is 23.8 Å². The summed E-state index contributed by atoms with van der Waals surface area (Å²) in [5, 5.41) is 3.08. The van der Waals surface area contributed by atoms with E-state index in [2.05, 4.69) is 31.3 Å². The molecule has 1 atom stereocenters. The van der Waals surface area contributed by atoms with E-state index in [1.807, 2.05) is 37.3 Å². The van der Waals surface area contributed by atoms with Crippen LogP contribution in [0.3, 0.4) is 0 Å². The van der Waals surface area contributed by atoms with Crippen LogP contribution in [0.5, 0.6) is 5.75 Å². The van der Waals surface area contributed by atoms with E-state index in [-0.39, 0.29) is 11.9 Å². The molecule has 0 aliphatic rings. The molecule has 0 heterocycles. The Hall–Kier alpha value is -2.33. The number of methoxy groups -OCH3 is 1. The topological polar surface area (TPSA) is 47.6 Å². The number of carbonyl (C=O) groups is 1. The molecule has 0 saturated heterocycles. The quantitative estimate of drug-likeness (QED) is 0.665. The van der Waals surface area contributed by atoms with Crippen molar-refractivity contribution in [2.24, 2.45) is 5.92 Å². The molecule has 0 fully saturated rings. The molecule has 1 unspecified atom stereocenters. The van der Waals surface area contributed by atoms with Crippen LogP contribution < -0.4 is 10.1 Å². The van der Waals surface area contributed by atoms with Crippen molar-refractivity contribution >= 4 is 5.91 Å². The summed E-state index contributed by atoms with van der Waals surface area (Å²) in [5.74, 6) is 1.14. The molecule has 2 aromatic rings. The van der Waals surface area contributed by atoms with Crippen LogP contribution >= 0.6 is 0 Å². The normalized spacial score (nSPS) is 12.0. The summed E-state index contributed by atoms with van der Waals surface area (Å²) < 4.78 is 11.1. The van der Waals surface area contributed by atoms with Gasteiger partial charge in [0.25, 0.3) is 5.91 Å². The molecule has 0 saturated carbocycles. The monoisotopic (exact) mass is 369 g/mol. The predicted octanol–water partition coefficient (Wildman–Crippen LogP) is 4.62. The second kappa shape index (κ2) is 10.7. The molecule has 146 valence electrons. The Labute approximate surface area is 162 Å². The standard InChI is InChI=1S/C23H31NO3/c1-17(2)15-27-16-21-14-20(12-13-22(21)26-4)23(25)24-18(3)10-11-19-8-6-5-7-9-19/h5-9,12-14,17-18H,10-11,15-16H2,1-4H3,(H,24,25). The summed E-state index contributed by atoms with van der Waals surface area (Å²) in [7, 11) is 1.63. The van der Waals surface area contributed by atoms with Crippen molar-refractivity contribution in [3.8, 4) is 5.75 Å². The highest BCUT2D eigenvalue weighted by molar-refractivity contribution is 5.94. The van der Waals surface area contributed by atoms with Crippen LogP contribution in [0.25, 0.3) is 0 Å². The Morgan fingerprint density at radius 1 is 1.07 bits per heavy atom. The van der Waals surface area contributed by atoms with Gasteiger partial charge in [-0.05, 0) is 49.4 Å². The van der Waals surface area contributed by atoms with Gasteiger partial charge in [-0.15, -0.1) is 0 Å². The van der Waals surface area contributed by atoms with Gasteiger partial charge < -0.3 is 14.8 Å². The van der Waals surface area contributed by atoms with E-state index in [9.17, 15) is 4.79 Å². The van der Waals surface area contributed by atoms with Crippen molar-refractivity contribution in [2.45, 2.75) is 46.3 Å². The molecule has 0 aliphatic carbocycles. The molecule has 2 rings (SSSR count). The van der Waals surface area contributed by atoms with E-state index in [1.165, 1.54) is 5.56 Å². The molecule has 27 heavy (non-hydrogen) atoms. The van der Waals surface area contributed by atoms with E-state index in [1.54, 1.807) is 13.2 Å². The molecule has 0 spiro atoms. The lowest BCUT2D eigenvalue weighted by Gasteiger charge is -2.16. The SMILES string of the molecule is COc1ccc(C(=O)NC(C)CCc2ccccc2)cc1COCC(C)C. The lowest BCUT2D eigenvalue weighted by Crippen LogP contribution is -2.33. The largest absolute Gasteiger partial charge is 0.496 e. The molecular formula is C23H31NO3. The minimum absolute atomic E-state index is 0.0664. The summed E-state index contributed by atoms with van der Waals surface area (Å²) in [5.41, 5.74) is 2.81. The minimum Gasteiger partial charge on any atom is -0.496 e. The van der Waals surface area contributed by atoms with Gasteiger partial charge in [0.05, 0.1) is 13.7 Å². The summed E-state index contributed by atoms with van der Waals surface area (Å²) in [6, 6.07) is 15.9. The number of nitrogens with one attached hydrogen (secondary N) is 1. The lowest BCUT2D eigenvalue weighted by molar-refractivity contribution is 0.0929. The van der Waals surface area contributed by atoms with Gasteiger partial charge in [-0.2, -0.15) is 0 Å². The highest BCUT2D eigenvalue weighted by atomic mass is 16.5. The van der Waals surface area contributed by atoms with Crippen LogP contribution in [0.15, 0.2) is 48.5 Å². The second-order valence-electron chi connectivity index (χ2n) is 7.33. The molecule has 4 heteroatoms. The third-order valence-electron chi connectivity index (χ3n) is 4.34. The van der Waals surface area contributed by atoms with Crippen LogP contribution in [0.4, 0.5) is 0 Å². The molecule has 4 nitrogen and oxygen atoms in total.